The smallest absolute Gasteiger partial charge is 0.0589 e. The highest BCUT2D eigenvalue weighted by molar-refractivity contribution is 5.16. The molecule has 1 nitrogen and oxygen atoms in total. The molecule has 0 N–H and O–H groups in total. The van der Waals surface area contributed by atoms with Crippen LogP contribution in [0.5, 0.6) is 0 Å². The molecule has 0 saturated carbocycles. The van der Waals surface area contributed by atoms with Gasteiger partial charge in [0.25, 0.3) is 0 Å². The third kappa shape index (κ3) is 3.68. The van der Waals surface area contributed by atoms with Crippen molar-refractivity contribution in [3.05, 3.63) is 73.3 Å². The molecule has 3 unspecified atom stereocenters. The summed E-state index contributed by atoms with van der Waals surface area (Å²) in [7, 11) is 0. The third-order valence-corrected chi connectivity index (χ3v) is 3.00. The van der Waals surface area contributed by atoms with Crippen molar-refractivity contribution in [3.8, 4) is 0 Å². The van der Waals surface area contributed by atoms with Crippen molar-refractivity contribution in [1.29, 1.82) is 0 Å². The van der Waals surface area contributed by atoms with Crippen LogP contribution in [0.4, 0.5) is 0 Å². The largest absolute Gasteiger partial charge is 0.289 e. The van der Waals surface area contributed by atoms with Gasteiger partial charge in [-0.05, 0) is 24.8 Å². The van der Waals surface area contributed by atoms with Crippen LogP contribution in [0.1, 0.15) is 31.7 Å². The van der Waals surface area contributed by atoms with E-state index in [1.165, 1.54) is 11.0 Å². The molecule has 0 radical (unpaired) electrons. The van der Waals surface area contributed by atoms with Gasteiger partial charge in [-0.1, -0.05) is 54.6 Å². The number of benzene rings is 1. The maximum atomic E-state index is 8.86. The second kappa shape index (κ2) is 7.10. The van der Waals surface area contributed by atoms with Gasteiger partial charge in [-0.2, -0.15) is 0 Å². The SMILES string of the molecule is [2H]C1=C([2H])C([2H])(CC=C)N(Cc2ccccc2)C([2H])(CC=C)C1[2H]. The first kappa shape index (κ1) is 8.55. The molecule has 1 aliphatic heterocycles. The molecule has 2 rings (SSSR count). The molecule has 100 valence electrons. The first-order valence-electron chi connectivity index (χ1n) is 9.02. The fraction of sp³-hybridized carbons (Fsp3) is 0.333. The van der Waals surface area contributed by atoms with Crippen molar-refractivity contribution >= 4 is 0 Å². The van der Waals surface area contributed by atoms with E-state index in [2.05, 4.69) is 13.2 Å². The number of hydrogen-bond acceptors (Lipinski definition) is 1. The van der Waals surface area contributed by atoms with Gasteiger partial charge >= 0.3 is 0 Å². The molecular weight excluding hydrogens is 230 g/mol. The van der Waals surface area contributed by atoms with Gasteiger partial charge in [0.15, 0.2) is 0 Å². The molecule has 0 aromatic heterocycles. The Bertz CT molecular complexity index is 644. The second-order valence-corrected chi connectivity index (χ2v) is 4.41. The van der Waals surface area contributed by atoms with E-state index in [4.69, 9.17) is 6.85 Å². The molecule has 1 aliphatic rings. The maximum absolute atomic E-state index is 8.86. The second-order valence-electron chi connectivity index (χ2n) is 4.41. The molecule has 19 heavy (non-hydrogen) atoms. The monoisotopic (exact) mass is 258 g/mol. The molecule has 1 aromatic carbocycles. The lowest BCUT2D eigenvalue weighted by molar-refractivity contribution is 0.142. The topological polar surface area (TPSA) is 3.24 Å². The number of hydrogen-bond donors (Lipinski definition) is 0. The van der Waals surface area contributed by atoms with Crippen LogP contribution < -0.4 is 0 Å². The molecule has 0 aliphatic carbocycles. The van der Waals surface area contributed by atoms with E-state index in [1.54, 1.807) is 6.08 Å². The van der Waals surface area contributed by atoms with Crippen molar-refractivity contribution in [2.75, 3.05) is 0 Å². The summed E-state index contributed by atoms with van der Waals surface area (Å²) >= 11 is 0. The molecule has 0 spiro atoms. The lowest BCUT2D eigenvalue weighted by atomic mass is 9.97. The fourth-order valence-corrected chi connectivity index (χ4v) is 2.10. The highest BCUT2D eigenvalue weighted by Crippen LogP contribution is 2.24. The van der Waals surface area contributed by atoms with Crippen molar-refractivity contribution in [3.63, 3.8) is 0 Å². The maximum Gasteiger partial charge on any atom is 0.0589 e. The summed E-state index contributed by atoms with van der Waals surface area (Å²) in [4.78, 5) is 1.54. The molecule has 0 saturated heterocycles. The van der Waals surface area contributed by atoms with Crippen molar-refractivity contribution < 1.29 is 6.85 Å². The molecule has 0 amide bonds. The van der Waals surface area contributed by atoms with Crippen LogP contribution in [0, 0.1) is 0 Å². The first-order valence-corrected chi connectivity index (χ1v) is 6.45. The Morgan fingerprint density at radius 3 is 2.74 bits per heavy atom. The van der Waals surface area contributed by atoms with Gasteiger partial charge in [-0.3, -0.25) is 4.90 Å². The first-order chi connectivity index (χ1) is 11.3. The minimum absolute atomic E-state index is 0.117. The summed E-state index contributed by atoms with van der Waals surface area (Å²) in [6.45, 7) is 7.60. The van der Waals surface area contributed by atoms with E-state index in [1.807, 2.05) is 30.3 Å². The quantitative estimate of drug-likeness (QED) is 0.686. The molecular formula is C18H23N. The van der Waals surface area contributed by atoms with Gasteiger partial charge < -0.3 is 0 Å². The highest BCUT2D eigenvalue weighted by Gasteiger charge is 2.25. The van der Waals surface area contributed by atoms with Crippen molar-refractivity contribution in [2.45, 2.75) is 37.8 Å². The van der Waals surface area contributed by atoms with Crippen molar-refractivity contribution in [2.24, 2.45) is 0 Å². The zero-order valence-electron chi connectivity index (χ0n) is 16.1. The van der Waals surface area contributed by atoms with Gasteiger partial charge in [0.1, 0.15) is 0 Å². The van der Waals surface area contributed by atoms with E-state index in [0.29, 0.717) is 0 Å². The van der Waals surface area contributed by atoms with Crippen LogP contribution in [0.2, 0.25) is 0 Å². The van der Waals surface area contributed by atoms with Crippen LogP contribution in [0.15, 0.2) is 67.7 Å². The third-order valence-electron chi connectivity index (χ3n) is 3.00. The summed E-state index contributed by atoms with van der Waals surface area (Å²) in [5.74, 6) is 0. The van der Waals surface area contributed by atoms with Gasteiger partial charge in [-0.15, -0.1) is 13.2 Å². The number of rotatable bonds is 6. The van der Waals surface area contributed by atoms with E-state index in [-0.39, 0.29) is 31.5 Å². The Morgan fingerprint density at radius 1 is 1.32 bits per heavy atom. The predicted octanol–water partition coefficient (Wildman–Crippen LogP) is 4.34. The highest BCUT2D eigenvalue weighted by atomic mass is 15.2. The molecule has 3 atom stereocenters. The summed E-state index contributed by atoms with van der Waals surface area (Å²) in [6, 6.07) is 5.82. The molecule has 0 fully saturated rings. The summed E-state index contributed by atoms with van der Waals surface area (Å²) in [6.07, 6.45) is 2.11. The predicted molar refractivity (Wildman–Crippen MR) is 82.9 cm³/mol. The van der Waals surface area contributed by atoms with Crippen molar-refractivity contribution in [1.82, 2.24) is 4.90 Å². The lowest BCUT2D eigenvalue weighted by Crippen LogP contribution is -2.43. The zero-order chi connectivity index (χ0) is 18.0. The average Bonchev–Trinajstić information content (AvgIpc) is 2.57. The van der Waals surface area contributed by atoms with E-state index >= 15 is 0 Å². The van der Waals surface area contributed by atoms with Crippen LogP contribution in [0.25, 0.3) is 0 Å². The van der Waals surface area contributed by atoms with E-state index < -0.39 is 18.4 Å². The number of nitrogens with zero attached hydrogens (tertiary/aromatic N) is 1. The average molecular weight is 258 g/mol. The molecule has 1 aromatic rings. The minimum Gasteiger partial charge on any atom is -0.289 e. The lowest BCUT2D eigenvalue weighted by Gasteiger charge is -2.39. The van der Waals surface area contributed by atoms with E-state index in [0.717, 1.165) is 5.56 Å². The Kier molecular flexibility index (Phi) is 3.20. The summed E-state index contributed by atoms with van der Waals surface area (Å²) < 4.78 is 42.4. The van der Waals surface area contributed by atoms with E-state index in [9.17, 15) is 0 Å². The zero-order valence-corrected chi connectivity index (χ0v) is 11.1. The summed E-state index contributed by atoms with van der Waals surface area (Å²) in [5.41, 5.74) is 0.896. The Hall–Kier alpha value is -1.60. The Morgan fingerprint density at radius 2 is 2.05 bits per heavy atom. The Balaban J connectivity index is 2.60. The van der Waals surface area contributed by atoms with Crippen LogP contribution >= 0.6 is 0 Å². The minimum atomic E-state index is -1.59. The summed E-state index contributed by atoms with van der Waals surface area (Å²) in [5, 5.41) is 0. The molecule has 1 heteroatoms. The van der Waals surface area contributed by atoms with Gasteiger partial charge in [0, 0.05) is 21.3 Å². The normalized spacial score (nSPS) is 39.6. The van der Waals surface area contributed by atoms with Crippen LogP contribution in [0.3, 0.4) is 0 Å². The fourth-order valence-electron chi connectivity index (χ4n) is 2.10. The van der Waals surface area contributed by atoms with Gasteiger partial charge in [0.2, 0.25) is 0 Å². The van der Waals surface area contributed by atoms with Gasteiger partial charge in [0.05, 0.1) is 4.11 Å². The standard InChI is InChI=1S/C18H23N/c1-3-9-17-13-8-14-18(10-4-2)19(17)15-16-11-6-5-7-12-16/h3-8,11-13,17-18H,1-2,9-10,14-15H2/i8D,13D,14D,17D,18D. The molecule has 0 bridgehead atoms. The van der Waals surface area contributed by atoms with Gasteiger partial charge in [-0.25, -0.2) is 0 Å². The van der Waals surface area contributed by atoms with Crippen LogP contribution in [-0.4, -0.2) is 16.9 Å². The molecule has 1 heterocycles. The van der Waals surface area contributed by atoms with Crippen LogP contribution in [-0.2, 0) is 6.54 Å². The Labute approximate surface area is 124 Å².